The largest absolute Gasteiger partial charge is 0.497 e. The van der Waals surface area contributed by atoms with Gasteiger partial charge in [-0.05, 0) is 86.1 Å². The van der Waals surface area contributed by atoms with Crippen molar-refractivity contribution in [3.05, 3.63) is 107 Å². The van der Waals surface area contributed by atoms with Crippen LogP contribution in [-0.2, 0) is 6.42 Å². The molecule has 0 bridgehead atoms. The third-order valence-corrected chi connectivity index (χ3v) is 7.14. The predicted octanol–water partition coefficient (Wildman–Crippen LogP) is 6.24. The Morgan fingerprint density at radius 1 is 0.971 bits per heavy atom. The third-order valence-electron chi connectivity index (χ3n) is 6.82. The Bertz CT molecular complexity index is 1350. The second-order valence-electron chi connectivity index (χ2n) is 8.88. The predicted molar refractivity (Wildman–Crippen MR) is 146 cm³/mol. The minimum Gasteiger partial charge on any atom is -0.497 e. The van der Waals surface area contributed by atoms with E-state index in [1.807, 2.05) is 36.5 Å². The lowest BCUT2D eigenvalue weighted by Crippen LogP contribution is -2.29. The molecular formula is C29H30N4OS. The maximum atomic E-state index is 5.90. The lowest BCUT2D eigenvalue weighted by Gasteiger charge is -2.28. The van der Waals surface area contributed by atoms with Crippen LogP contribution in [0, 0.1) is 13.8 Å². The number of hydrogen-bond acceptors (Lipinski definition) is 3. The molecule has 2 aromatic carbocycles. The summed E-state index contributed by atoms with van der Waals surface area (Å²) in [7, 11) is 1.69. The van der Waals surface area contributed by atoms with Crippen LogP contribution in [0.4, 0.5) is 5.69 Å². The molecule has 35 heavy (non-hydrogen) atoms. The third kappa shape index (κ3) is 4.19. The summed E-state index contributed by atoms with van der Waals surface area (Å²) in [6.07, 6.45) is 2.87. The van der Waals surface area contributed by atoms with E-state index in [2.05, 4.69) is 83.0 Å². The first-order valence-electron chi connectivity index (χ1n) is 11.9. The summed E-state index contributed by atoms with van der Waals surface area (Å²) in [6.45, 7) is 6.54. The SMILES string of the molecule is CCc1ccc(-n2c(C)cc([C@H]3[C@H](c4ccccn4)NC(=S)N3c3cccc(OC)c3)c2C)cc1. The van der Waals surface area contributed by atoms with Crippen LogP contribution in [0.3, 0.4) is 0 Å². The van der Waals surface area contributed by atoms with Gasteiger partial charge in [0.15, 0.2) is 5.11 Å². The van der Waals surface area contributed by atoms with Crippen LogP contribution >= 0.6 is 12.2 Å². The van der Waals surface area contributed by atoms with Crippen LogP contribution in [0.2, 0.25) is 0 Å². The van der Waals surface area contributed by atoms with Crippen molar-refractivity contribution in [2.45, 2.75) is 39.3 Å². The minimum absolute atomic E-state index is 0.0700. The molecule has 0 saturated carbocycles. The monoisotopic (exact) mass is 482 g/mol. The van der Waals surface area contributed by atoms with Crippen molar-refractivity contribution in [3.8, 4) is 11.4 Å². The van der Waals surface area contributed by atoms with Gasteiger partial charge in [-0.3, -0.25) is 4.98 Å². The zero-order chi connectivity index (χ0) is 24.5. The number of aryl methyl sites for hydroxylation is 2. The molecule has 5 nitrogen and oxygen atoms in total. The second kappa shape index (κ2) is 9.55. The van der Waals surface area contributed by atoms with Gasteiger partial charge in [0.25, 0.3) is 0 Å². The zero-order valence-corrected chi connectivity index (χ0v) is 21.3. The van der Waals surface area contributed by atoms with Gasteiger partial charge in [-0.2, -0.15) is 0 Å². The maximum absolute atomic E-state index is 5.90. The van der Waals surface area contributed by atoms with E-state index in [0.717, 1.165) is 23.6 Å². The van der Waals surface area contributed by atoms with Crippen molar-refractivity contribution in [2.75, 3.05) is 12.0 Å². The fourth-order valence-electron chi connectivity index (χ4n) is 5.07. The van der Waals surface area contributed by atoms with Gasteiger partial charge in [0.05, 0.1) is 24.9 Å². The number of methoxy groups -OCH3 is 1. The first-order chi connectivity index (χ1) is 17.0. The Kier molecular flexibility index (Phi) is 6.31. The molecule has 6 heteroatoms. The molecule has 0 radical (unpaired) electrons. The van der Waals surface area contributed by atoms with Crippen molar-refractivity contribution in [1.82, 2.24) is 14.9 Å². The molecule has 1 aliphatic rings. The highest BCUT2D eigenvalue weighted by molar-refractivity contribution is 7.80. The molecule has 0 spiro atoms. The molecule has 0 unspecified atom stereocenters. The number of nitrogens with one attached hydrogen (secondary N) is 1. The van der Waals surface area contributed by atoms with Gasteiger partial charge < -0.3 is 19.5 Å². The number of thiocarbonyl (C=S) groups is 1. The van der Waals surface area contributed by atoms with Crippen LogP contribution in [0.25, 0.3) is 5.69 Å². The van der Waals surface area contributed by atoms with E-state index in [1.165, 1.54) is 28.2 Å². The summed E-state index contributed by atoms with van der Waals surface area (Å²) in [5.74, 6) is 0.798. The van der Waals surface area contributed by atoms with Gasteiger partial charge in [0, 0.05) is 35.0 Å². The van der Waals surface area contributed by atoms with E-state index >= 15 is 0 Å². The Balaban J connectivity index is 1.66. The summed E-state index contributed by atoms with van der Waals surface area (Å²) in [5.41, 5.74) is 8.04. The van der Waals surface area contributed by atoms with Crippen molar-refractivity contribution in [1.29, 1.82) is 0 Å². The van der Waals surface area contributed by atoms with Crippen LogP contribution < -0.4 is 15.0 Å². The highest BCUT2D eigenvalue weighted by Crippen LogP contribution is 2.44. The van der Waals surface area contributed by atoms with E-state index in [0.29, 0.717) is 5.11 Å². The van der Waals surface area contributed by atoms with E-state index in [9.17, 15) is 0 Å². The number of nitrogens with zero attached hydrogens (tertiary/aromatic N) is 3. The molecule has 2 atom stereocenters. The van der Waals surface area contributed by atoms with Gasteiger partial charge in [-0.1, -0.05) is 31.2 Å². The van der Waals surface area contributed by atoms with Crippen molar-refractivity contribution in [3.63, 3.8) is 0 Å². The molecule has 0 amide bonds. The summed E-state index contributed by atoms with van der Waals surface area (Å²) in [4.78, 5) is 6.89. The number of hydrogen-bond donors (Lipinski definition) is 1. The number of ether oxygens (including phenoxy) is 1. The Labute approximate surface area is 212 Å². The molecular weight excluding hydrogens is 452 g/mol. The second-order valence-corrected chi connectivity index (χ2v) is 9.27. The van der Waals surface area contributed by atoms with E-state index in [4.69, 9.17) is 17.0 Å². The lowest BCUT2D eigenvalue weighted by atomic mass is 9.96. The number of anilines is 1. The molecule has 5 rings (SSSR count). The zero-order valence-electron chi connectivity index (χ0n) is 20.5. The summed E-state index contributed by atoms with van der Waals surface area (Å²) in [6, 6.07) is 25.0. The average Bonchev–Trinajstić information content (AvgIpc) is 3.39. The van der Waals surface area contributed by atoms with E-state index in [-0.39, 0.29) is 12.1 Å². The van der Waals surface area contributed by atoms with Crippen molar-refractivity contribution >= 4 is 23.0 Å². The smallest absolute Gasteiger partial charge is 0.174 e. The molecule has 3 heterocycles. The normalized spacial score (nSPS) is 17.5. The highest BCUT2D eigenvalue weighted by atomic mass is 32.1. The van der Waals surface area contributed by atoms with E-state index in [1.54, 1.807) is 7.11 Å². The van der Waals surface area contributed by atoms with Gasteiger partial charge in [-0.15, -0.1) is 0 Å². The molecule has 1 saturated heterocycles. The molecule has 1 fully saturated rings. The number of aromatic nitrogens is 2. The summed E-state index contributed by atoms with van der Waals surface area (Å²) >= 11 is 5.90. The first kappa shape index (κ1) is 23.1. The van der Waals surface area contributed by atoms with Crippen LogP contribution in [0.5, 0.6) is 5.75 Å². The Morgan fingerprint density at radius 3 is 2.46 bits per heavy atom. The first-order valence-corrected chi connectivity index (χ1v) is 12.4. The minimum atomic E-state index is -0.0914. The molecule has 178 valence electrons. The van der Waals surface area contributed by atoms with Gasteiger partial charge in [0.2, 0.25) is 0 Å². The summed E-state index contributed by atoms with van der Waals surface area (Å²) < 4.78 is 7.85. The summed E-state index contributed by atoms with van der Waals surface area (Å²) in [5, 5.41) is 4.24. The topological polar surface area (TPSA) is 42.3 Å². The fraction of sp³-hybridized carbons (Fsp3) is 0.241. The van der Waals surface area contributed by atoms with Crippen molar-refractivity contribution < 1.29 is 4.74 Å². The Morgan fingerprint density at radius 2 is 1.77 bits per heavy atom. The highest BCUT2D eigenvalue weighted by Gasteiger charge is 2.42. The molecule has 1 aliphatic heterocycles. The van der Waals surface area contributed by atoms with Crippen LogP contribution in [0.15, 0.2) is 79.0 Å². The fourth-order valence-corrected chi connectivity index (χ4v) is 5.42. The number of benzene rings is 2. The van der Waals surface area contributed by atoms with Crippen LogP contribution in [0.1, 0.15) is 47.2 Å². The maximum Gasteiger partial charge on any atom is 0.174 e. The molecule has 0 aliphatic carbocycles. The molecule has 4 aromatic rings. The lowest BCUT2D eigenvalue weighted by molar-refractivity contribution is 0.415. The van der Waals surface area contributed by atoms with Crippen molar-refractivity contribution in [2.24, 2.45) is 0 Å². The quantitative estimate of drug-likeness (QED) is 0.330. The standard InChI is InChI=1S/C29H30N4OS/c1-5-21-12-14-22(15-13-21)32-19(2)17-25(20(32)3)28-27(26-11-6-7-16-30-26)31-29(35)33(28)23-9-8-10-24(18-23)34-4/h6-18,27-28H,5H2,1-4H3,(H,31,35)/t27-,28-/m0/s1. The van der Waals surface area contributed by atoms with Gasteiger partial charge >= 0.3 is 0 Å². The van der Waals surface area contributed by atoms with Crippen LogP contribution in [-0.4, -0.2) is 21.8 Å². The average molecular weight is 483 g/mol. The number of rotatable bonds is 6. The Hall–Kier alpha value is -3.64. The molecule has 1 N–H and O–H groups in total. The number of pyridine rings is 1. The van der Waals surface area contributed by atoms with E-state index < -0.39 is 0 Å². The van der Waals surface area contributed by atoms with Gasteiger partial charge in [-0.25, -0.2) is 0 Å². The van der Waals surface area contributed by atoms with Gasteiger partial charge in [0.1, 0.15) is 5.75 Å². The molecule has 2 aromatic heterocycles.